The minimum atomic E-state index is -4.16. The first-order valence-corrected chi connectivity index (χ1v) is 23.1. The van der Waals surface area contributed by atoms with Crippen molar-refractivity contribution in [2.24, 2.45) is 11.8 Å². The van der Waals surface area contributed by atoms with Crippen molar-refractivity contribution in [3.63, 3.8) is 0 Å². The molecule has 0 aliphatic heterocycles. The average Bonchev–Trinajstić information content (AvgIpc) is 3.26. The number of anilines is 3. The van der Waals surface area contributed by atoms with Gasteiger partial charge in [-0.15, -0.1) is 4.33 Å². The average molecular weight is 956 g/mol. The quantitative estimate of drug-likeness (QED) is 0.0113. The minimum Gasteiger partial charge on any atom is -0.394 e. The summed E-state index contributed by atoms with van der Waals surface area (Å²) in [6.07, 6.45) is -1.02. The molecule has 62 heavy (non-hydrogen) atoms. The van der Waals surface area contributed by atoms with Gasteiger partial charge in [0.25, 0.3) is 10.1 Å². The van der Waals surface area contributed by atoms with Gasteiger partial charge in [-0.2, -0.15) is 70.5 Å². The van der Waals surface area contributed by atoms with E-state index in [1.807, 2.05) is 0 Å². The van der Waals surface area contributed by atoms with Crippen LogP contribution in [0.4, 0.5) is 17.8 Å². The molecule has 4 aromatic rings. The van der Waals surface area contributed by atoms with Crippen LogP contribution in [0.15, 0.2) is 58.3 Å². The van der Waals surface area contributed by atoms with Crippen LogP contribution in [-0.2, 0) is 67.7 Å². The van der Waals surface area contributed by atoms with Crippen LogP contribution in [0.5, 0.6) is 0 Å². The Morgan fingerprint density at radius 2 is 1.06 bits per heavy atom. The highest BCUT2D eigenvalue weighted by molar-refractivity contribution is 7.94. The van der Waals surface area contributed by atoms with Crippen LogP contribution in [0, 0.1) is 0 Å². The van der Waals surface area contributed by atoms with Crippen molar-refractivity contribution in [3.8, 4) is 11.1 Å². The van der Waals surface area contributed by atoms with Gasteiger partial charge in [0, 0.05) is 43.7 Å². The van der Waals surface area contributed by atoms with Gasteiger partial charge in [-0.25, -0.2) is 10.2 Å². The van der Waals surface area contributed by atoms with Crippen LogP contribution in [0.1, 0.15) is 30.3 Å². The summed E-state index contributed by atoms with van der Waals surface area (Å²) in [5.74, 6) is 10.5. The first-order chi connectivity index (χ1) is 29.4. The summed E-state index contributed by atoms with van der Waals surface area (Å²) in [7, 11) is -12.1. The van der Waals surface area contributed by atoms with E-state index in [2.05, 4.69) is 63.8 Å². The third-order valence-electron chi connectivity index (χ3n) is 7.61. The standard InChI is InChI=1S/C19H33N9O10S2.C12H12N2O6S2/c29-10-12(31)7-20-17-24-14(3-1-5-39-38-37-33)23-16(27-17)9-22-19-26-15(4-2-6-40(34,35)36)25-18(28-19)21-8-13(32)11-30;13-19-21(15,16)11-5-1-9(2-6-11)10-3-7-12(8-4-10)22(17,18)20-14/h12-13,29-33H,1-11H2,(H,34,35,36)(H,20,23,24,27)(H2,21,22,25,26,28);1-8H,13-14H2. The molecule has 2 aromatic carbocycles. The van der Waals surface area contributed by atoms with Crippen molar-refractivity contribution in [2.45, 2.75) is 54.2 Å². The lowest BCUT2D eigenvalue weighted by molar-refractivity contribution is -0.432. The van der Waals surface area contributed by atoms with Crippen LogP contribution < -0.4 is 27.7 Å². The number of aryl methyl sites for hydroxylation is 2. The zero-order valence-electron chi connectivity index (χ0n) is 32.3. The fraction of sp³-hybridized carbons (Fsp3) is 0.419. The van der Waals surface area contributed by atoms with Gasteiger partial charge < -0.3 is 36.4 Å². The molecule has 0 amide bonds. The number of rotatable bonds is 26. The van der Waals surface area contributed by atoms with Gasteiger partial charge in [-0.3, -0.25) is 4.55 Å². The Hall–Kier alpha value is -4.42. The normalized spacial score (nSPS) is 12.8. The van der Waals surface area contributed by atoms with Gasteiger partial charge >= 0.3 is 20.2 Å². The van der Waals surface area contributed by atoms with Gasteiger partial charge in [-0.05, 0) is 48.2 Å². The van der Waals surface area contributed by atoms with Gasteiger partial charge in [0.1, 0.15) is 11.6 Å². The molecule has 2 unspecified atom stereocenters. The molecule has 27 nitrogen and oxygen atoms in total. The van der Waals surface area contributed by atoms with Crippen molar-refractivity contribution in [2.75, 3.05) is 53.8 Å². The summed E-state index contributed by atoms with van der Waals surface area (Å²) >= 11 is 0.885. The van der Waals surface area contributed by atoms with Crippen molar-refractivity contribution >= 4 is 60.2 Å². The number of aromatic nitrogens is 6. The van der Waals surface area contributed by atoms with Crippen LogP contribution in [-0.4, -0.2) is 135 Å². The first kappa shape index (κ1) is 51.9. The van der Waals surface area contributed by atoms with Gasteiger partial charge in [0.15, 0.2) is 5.82 Å². The molecular formula is C31H45N11O16S4. The predicted molar refractivity (Wildman–Crippen MR) is 217 cm³/mol. The first-order valence-electron chi connectivity index (χ1n) is 17.7. The molecule has 0 aliphatic rings. The van der Waals surface area contributed by atoms with Crippen molar-refractivity contribution in [1.82, 2.24) is 29.9 Å². The highest BCUT2D eigenvalue weighted by Crippen LogP contribution is 2.24. The molecule has 344 valence electrons. The molecule has 2 heterocycles. The lowest BCUT2D eigenvalue weighted by Crippen LogP contribution is -2.25. The molecule has 0 radical (unpaired) electrons. The second-order valence-corrected chi connectivity index (χ2v) is 17.8. The molecule has 0 spiro atoms. The van der Waals surface area contributed by atoms with E-state index in [0.29, 0.717) is 35.5 Å². The van der Waals surface area contributed by atoms with Crippen LogP contribution in [0.25, 0.3) is 11.1 Å². The lowest BCUT2D eigenvalue weighted by Gasteiger charge is -2.13. The van der Waals surface area contributed by atoms with Crippen LogP contribution in [0.2, 0.25) is 0 Å². The number of nitrogens with zero attached hydrogens (tertiary/aromatic N) is 6. The van der Waals surface area contributed by atoms with Crippen molar-refractivity contribution in [1.29, 1.82) is 0 Å². The van der Waals surface area contributed by atoms with Gasteiger partial charge in [0.05, 0.1) is 47.5 Å². The number of benzene rings is 2. The summed E-state index contributed by atoms with van der Waals surface area (Å²) < 4.78 is 88.8. The van der Waals surface area contributed by atoms with Crippen molar-refractivity contribution < 1.29 is 73.4 Å². The highest BCUT2D eigenvalue weighted by atomic mass is 32.2. The number of nitrogens with two attached hydrogens (primary N) is 2. The SMILES string of the molecule is NOS(=O)(=O)c1ccc(-c2ccc(S(=O)(=O)ON)cc2)cc1.O=S(=O)(O)CCCc1nc(NCc2nc(CCCSOOO)nc(NCC(O)CO)n2)nc(NCC(O)CO)n1. The maximum absolute atomic E-state index is 11.4. The molecule has 4 rings (SSSR count). The summed E-state index contributed by atoms with van der Waals surface area (Å²) in [6, 6.07) is 11.4. The summed E-state index contributed by atoms with van der Waals surface area (Å²) in [4.78, 5) is 25.4. The van der Waals surface area contributed by atoms with E-state index in [9.17, 15) is 35.5 Å². The molecular weight excluding hydrogens is 911 g/mol. The minimum absolute atomic E-state index is 0.0101. The second-order valence-electron chi connectivity index (χ2n) is 12.3. The Labute approximate surface area is 359 Å². The molecule has 0 aliphatic carbocycles. The maximum atomic E-state index is 11.4. The fourth-order valence-corrected chi connectivity index (χ4v) is 6.67. The summed E-state index contributed by atoms with van der Waals surface area (Å²) in [6.45, 7) is -1.01. The number of hydrogen-bond donors (Lipinski definition) is 11. The molecule has 0 saturated carbocycles. The topological polar surface area (TPSA) is 426 Å². The van der Waals surface area contributed by atoms with E-state index in [1.54, 1.807) is 0 Å². The Bertz CT molecular complexity index is 2250. The number of nitrogens with one attached hydrogen (secondary N) is 3. The van der Waals surface area contributed by atoms with Crippen molar-refractivity contribution in [3.05, 3.63) is 66.0 Å². The molecule has 2 atom stereocenters. The number of hydrogen-bond acceptors (Lipinski definition) is 27. The molecule has 0 bridgehead atoms. The van der Waals surface area contributed by atoms with E-state index in [1.165, 1.54) is 48.5 Å². The lowest BCUT2D eigenvalue weighted by atomic mass is 10.1. The molecule has 31 heteroatoms. The van der Waals surface area contributed by atoms with E-state index >= 15 is 0 Å². The summed E-state index contributed by atoms with van der Waals surface area (Å²) in [5.41, 5.74) is 1.35. The smallest absolute Gasteiger partial charge is 0.312 e. The van der Waals surface area contributed by atoms with Gasteiger partial charge in [0.2, 0.25) is 17.8 Å². The number of aliphatic hydroxyl groups excluding tert-OH is 4. The van der Waals surface area contributed by atoms with Gasteiger partial charge in [-0.1, -0.05) is 29.3 Å². The molecule has 13 N–H and O–H groups in total. The van der Waals surface area contributed by atoms with E-state index in [0.717, 1.165) is 12.0 Å². The third-order valence-corrected chi connectivity index (χ3v) is 11.2. The maximum Gasteiger partial charge on any atom is 0.312 e. The number of aliphatic hydroxyl groups is 4. The molecule has 0 fully saturated rings. The molecule has 2 aromatic heterocycles. The largest absolute Gasteiger partial charge is 0.394 e. The Kier molecular flexibility index (Phi) is 21.5. The Morgan fingerprint density at radius 1 is 0.629 bits per heavy atom. The monoisotopic (exact) mass is 955 g/mol. The van der Waals surface area contributed by atoms with Crippen LogP contribution >= 0.6 is 12.0 Å². The van der Waals surface area contributed by atoms with E-state index < -0.39 is 61.5 Å². The zero-order chi connectivity index (χ0) is 45.8. The highest BCUT2D eigenvalue weighted by Gasteiger charge is 2.17. The van der Waals surface area contributed by atoms with E-state index in [-0.39, 0.29) is 71.8 Å². The fourth-order valence-electron chi connectivity index (χ4n) is 4.63. The third kappa shape index (κ3) is 18.5. The summed E-state index contributed by atoms with van der Waals surface area (Å²) in [5, 5.41) is 57.6. The zero-order valence-corrected chi connectivity index (χ0v) is 35.6. The van der Waals surface area contributed by atoms with E-state index in [4.69, 9.17) is 31.8 Å². The molecule has 0 saturated heterocycles. The second kappa shape index (κ2) is 25.6. The Balaban J connectivity index is 0.000000390. The predicted octanol–water partition coefficient (Wildman–Crippen LogP) is -1.47. The Morgan fingerprint density at radius 3 is 1.52 bits per heavy atom. The van der Waals surface area contributed by atoms with Crippen LogP contribution in [0.3, 0.4) is 0 Å².